The van der Waals surface area contributed by atoms with Gasteiger partial charge in [0.15, 0.2) is 0 Å². The first-order valence-electron chi connectivity index (χ1n) is 8.49. The maximum absolute atomic E-state index is 10.0. The molecule has 118 valence electrons. The van der Waals surface area contributed by atoms with Gasteiger partial charge in [0.25, 0.3) is 0 Å². The Bertz CT molecular complexity index is 259. The van der Waals surface area contributed by atoms with Crippen molar-refractivity contribution in [1.29, 1.82) is 0 Å². The van der Waals surface area contributed by atoms with E-state index in [4.69, 9.17) is 4.74 Å². The molecule has 2 atom stereocenters. The average molecular weight is 284 g/mol. The van der Waals surface area contributed by atoms with Crippen molar-refractivity contribution in [3.63, 3.8) is 0 Å². The molecule has 0 aromatic rings. The Hall–Kier alpha value is -0.160. The molecule has 20 heavy (non-hydrogen) atoms. The zero-order valence-corrected chi connectivity index (χ0v) is 13.0. The number of hydrogen-bond donors (Lipinski definition) is 2. The van der Waals surface area contributed by atoms with Crippen molar-refractivity contribution in [2.45, 2.75) is 57.6 Å². The van der Waals surface area contributed by atoms with E-state index in [-0.39, 0.29) is 6.10 Å². The summed E-state index contributed by atoms with van der Waals surface area (Å²) in [5, 5.41) is 13.7. The summed E-state index contributed by atoms with van der Waals surface area (Å²) < 4.78 is 5.50. The third-order valence-corrected chi connectivity index (χ3v) is 4.30. The van der Waals surface area contributed by atoms with Gasteiger partial charge >= 0.3 is 0 Å². The second-order valence-electron chi connectivity index (χ2n) is 6.53. The van der Waals surface area contributed by atoms with Crippen LogP contribution in [0.15, 0.2) is 0 Å². The minimum atomic E-state index is -0.331. The van der Waals surface area contributed by atoms with Crippen molar-refractivity contribution in [3.8, 4) is 0 Å². The van der Waals surface area contributed by atoms with Crippen LogP contribution in [0.1, 0.15) is 45.4 Å². The third-order valence-electron chi connectivity index (χ3n) is 4.30. The molecule has 1 aliphatic carbocycles. The number of nitrogens with one attached hydrogen (secondary N) is 1. The molecule has 1 saturated heterocycles. The molecule has 2 rings (SSSR count). The zero-order chi connectivity index (χ0) is 14.2. The van der Waals surface area contributed by atoms with E-state index in [1.165, 1.54) is 25.7 Å². The molecule has 1 aliphatic heterocycles. The van der Waals surface area contributed by atoms with Gasteiger partial charge in [-0.25, -0.2) is 0 Å². The first-order valence-corrected chi connectivity index (χ1v) is 8.49. The van der Waals surface area contributed by atoms with E-state index in [2.05, 4.69) is 17.1 Å². The number of aliphatic hydroxyl groups excluding tert-OH is 1. The van der Waals surface area contributed by atoms with Gasteiger partial charge in [0, 0.05) is 25.7 Å². The maximum Gasteiger partial charge on any atom is 0.0900 e. The summed E-state index contributed by atoms with van der Waals surface area (Å²) >= 11 is 0. The van der Waals surface area contributed by atoms with Crippen LogP contribution in [0.4, 0.5) is 0 Å². The lowest BCUT2D eigenvalue weighted by atomic mass is 9.97. The highest BCUT2D eigenvalue weighted by Gasteiger charge is 2.25. The molecule has 0 bridgehead atoms. The molecule has 0 aromatic carbocycles. The monoisotopic (exact) mass is 284 g/mol. The van der Waals surface area contributed by atoms with Crippen molar-refractivity contribution in [2.75, 3.05) is 39.4 Å². The van der Waals surface area contributed by atoms with E-state index >= 15 is 0 Å². The summed E-state index contributed by atoms with van der Waals surface area (Å²) in [5.74, 6) is 0.762. The van der Waals surface area contributed by atoms with Gasteiger partial charge in [-0.05, 0) is 51.1 Å². The largest absolute Gasteiger partial charge is 0.389 e. The van der Waals surface area contributed by atoms with Gasteiger partial charge in [0.2, 0.25) is 0 Å². The highest BCUT2D eigenvalue weighted by molar-refractivity contribution is 4.84. The molecule has 4 heteroatoms. The Labute approximate surface area is 123 Å². The summed E-state index contributed by atoms with van der Waals surface area (Å²) in [6.45, 7) is 7.61. The summed E-state index contributed by atoms with van der Waals surface area (Å²) in [6.07, 6.45) is 7.24. The SMILES string of the molecule is CCCCOCC(O)CN1CCCC(CNC2CC2)C1. The lowest BCUT2D eigenvalue weighted by Crippen LogP contribution is -2.44. The lowest BCUT2D eigenvalue weighted by molar-refractivity contribution is 0.00835. The number of β-amino-alcohol motifs (C(OH)–C–C–N with tert-alkyl or cyclic N) is 1. The van der Waals surface area contributed by atoms with Crippen LogP contribution in [0.5, 0.6) is 0 Å². The predicted molar refractivity (Wildman–Crippen MR) is 81.9 cm³/mol. The van der Waals surface area contributed by atoms with Gasteiger partial charge in [0.05, 0.1) is 12.7 Å². The van der Waals surface area contributed by atoms with Crippen molar-refractivity contribution >= 4 is 0 Å². The molecule has 1 saturated carbocycles. The lowest BCUT2D eigenvalue weighted by Gasteiger charge is -2.34. The number of ether oxygens (including phenoxy) is 1. The van der Waals surface area contributed by atoms with Gasteiger partial charge in [0.1, 0.15) is 0 Å². The Morgan fingerprint density at radius 2 is 2.20 bits per heavy atom. The molecule has 2 aliphatic rings. The van der Waals surface area contributed by atoms with E-state index in [0.29, 0.717) is 6.61 Å². The van der Waals surface area contributed by atoms with Crippen LogP contribution in [0.25, 0.3) is 0 Å². The van der Waals surface area contributed by atoms with E-state index < -0.39 is 0 Å². The predicted octanol–water partition coefficient (Wildman–Crippen LogP) is 1.63. The number of piperidine rings is 1. The van der Waals surface area contributed by atoms with E-state index in [0.717, 1.165) is 57.6 Å². The van der Waals surface area contributed by atoms with Crippen molar-refractivity contribution < 1.29 is 9.84 Å². The standard InChI is InChI=1S/C16H32N2O2/c1-2-3-9-20-13-16(19)12-18-8-4-5-14(11-18)10-17-15-6-7-15/h14-17,19H,2-13H2,1H3. The van der Waals surface area contributed by atoms with Crippen molar-refractivity contribution in [2.24, 2.45) is 5.92 Å². The van der Waals surface area contributed by atoms with Crippen LogP contribution >= 0.6 is 0 Å². The van der Waals surface area contributed by atoms with Gasteiger partial charge in [-0.2, -0.15) is 0 Å². The summed E-state index contributed by atoms with van der Waals surface area (Å²) in [5.41, 5.74) is 0. The van der Waals surface area contributed by atoms with Gasteiger partial charge in [-0.1, -0.05) is 13.3 Å². The number of likely N-dealkylation sites (tertiary alicyclic amines) is 1. The minimum absolute atomic E-state index is 0.331. The molecule has 0 amide bonds. The summed E-state index contributed by atoms with van der Waals surface area (Å²) in [7, 11) is 0. The molecule has 0 radical (unpaired) electrons. The zero-order valence-electron chi connectivity index (χ0n) is 13.0. The number of aliphatic hydroxyl groups is 1. The highest BCUT2D eigenvalue weighted by atomic mass is 16.5. The smallest absolute Gasteiger partial charge is 0.0900 e. The fraction of sp³-hybridized carbons (Fsp3) is 1.00. The molecular weight excluding hydrogens is 252 g/mol. The Kier molecular flexibility index (Phi) is 7.28. The van der Waals surface area contributed by atoms with Crippen molar-refractivity contribution in [1.82, 2.24) is 10.2 Å². The summed E-state index contributed by atoms with van der Waals surface area (Å²) in [6, 6.07) is 0.808. The van der Waals surface area contributed by atoms with E-state index in [1.54, 1.807) is 0 Å². The fourth-order valence-electron chi connectivity index (χ4n) is 2.92. The van der Waals surface area contributed by atoms with Crippen LogP contribution in [0.3, 0.4) is 0 Å². The van der Waals surface area contributed by atoms with Crippen LogP contribution in [0.2, 0.25) is 0 Å². The Morgan fingerprint density at radius 3 is 2.95 bits per heavy atom. The van der Waals surface area contributed by atoms with E-state index in [1.807, 2.05) is 0 Å². The first-order chi connectivity index (χ1) is 9.78. The quantitative estimate of drug-likeness (QED) is 0.599. The number of nitrogens with zero attached hydrogens (tertiary/aromatic N) is 1. The normalized spacial score (nSPS) is 25.8. The average Bonchev–Trinajstić information content (AvgIpc) is 3.26. The van der Waals surface area contributed by atoms with Crippen molar-refractivity contribution in [3.05, 3.63) is 0 Å². The van der Waals surface area contributed by atoms with E-state index in [9.17, 15) is 5.11 Å². The topological polar surface area (TPSA) is 44.7 Å². The van der Waals surface area contributed by atoms with Gasteiger partial charge in [-0.15, -0.1) is 0 Å². The van der Waals surface area contributed by atoms with Crippen LogP contribution in [0, 0.1) is 5.92 Å². The second-order valence-corrected chi connectivity index (χ2v) is 6.53. The number of hydrogen-bond acceptors (Lipinski definition) is 4. The molecule has 0 spiro atoms. The molecule has 4 nitrogen and oxygen atoms in total. The molecule has 2 fully saturated rings. The highest BCUT2D eigenvalue weighted by Crippen LogP contribution is 2.21. The Balaban J connectivity index is 1.56. The molecule has 2 N–H and O–H groups in total. The molecule has 1 heterocycles. The number of unbranched alkanes of at least 4 members (excludes halogenated alkanes) is 1. The minimum Gasteiger partial charge on any atom is -0.389 e. The van der Waals surface area contributed by atoms with Crippen LogP contribution in [-0.2, 0) is 4.74 Å². The van der Waals surface area contributed by atoms with Crippen LogP contribution in [-0.4, -0.2) is 61.5 Å². The molecule has 2 unspecified atom stereocenters. The summed E-state index contributed by atoms with van der Waals surface area (Å²) in [4.78, 5) is 2.41. The number of rotatable bonds is 10. The first kappa shape index (κ1) is 16.2. The second kappa shape index (κ2) is 8.98. The van der Waals surface area contributed by atoms with Gasteiger partial charge in [-0.3, -0.25) is 0 Å². The fourth-order valence-corrected chi connectivity index (χ4v) is 2.92. The maximum atomic E-state index is 10.0. The van der Waals surface area contributed by atoms with Crippen LogP contribution < -0.4 is 5.32 Å². The Morgan fingerprint density at radius 1 is 1.35 bits per heavy atom. The van der Waals surface area contributed by atoms with Gasteiger partial charge < -0.3 is 20.1 Å². The molecular formula is C16H32N2O2. The third kappa shape index (κ3) is 6.53. The molecule has 0 aromatic heterocycles.